The molecule has 1 aromatic heterocycles. The third-order valence-corrected chi connectivity index (χ3v) is 4.78. The Morgan fingerprint density at radius 2 is 2.08 bits per heavy atom. The minimum absolute atomic E-state index is 0.111. The Bertz CT molecular complexity index is 686. The van der Waals surface area contributed by atoms with E-state index in [0.717, 1.165) is 54.1 Å². The Balaban J connectivity index is 1.65. The number of hydrogen-bond acceptors (Lipinski definition) is 4. The summed E-state index contributed by atoms with van der Waals surface area (Å²) in [6.07, 6.45) is 3.28. The lowest BCUT2D eigenvalue weighted by molar-refractivity contribution is -0.132. The molecule has 0 aliphatic carbocycles. The Hall–Kier alpha value is -2.30. The van der Waals surface area contributed by atoms with Gasteiger partial charge < -0.3 is 14.2 Å². The molecule has 24 heavy (non-hydrogen) atoms. The molecule has 1 amide bonds. The van der Waals surface area contributed by atoms with Crippen molar-refractivity contribution in [1.29, 1.82) is 0 Å². The quantitative estimate of drug-likeness (QED) is 0.841. The summed E-state index contributed by atoms with van der Waals surface area (Å²) >= 11 is 0. The molecular formula is C19H24N2O3. The number of nitrogens with zero attached hydrogens (tertiary/aromatic N) is 2. The first kappa shape index (κ1) is 16.6. The molecule has 2 heterocycles. The van der Waals surface area contributed by atoms with Crippen LogP contribution in [0, 0.1) is 13.8 Å². The fourth-order valence-corrected chi connectivity index (χ4v) is 3.52. The highest BCUT2D eigenvalue weighted by Gasteiger charge is 2.33. The molecule has 0 unspecified atom stereocenters. The number of carbonyl (C=O) groups excluding carboxylic acids is 1. The molecule has 128 valence electrons. The lowest BCUT2D eigenvalue weighted by Gasteiger charge is -2.25. The summed E-state index contributed by atoms with van der Waals surface area (Å²) < 4.78 is 10.5. The zero-order chi connectivity index (χ0) is 17.1. The van der Waals surface area contributed by atoms with Crippen LogP contribution in [0.1, 0.15) is 47.9 Å². The molecule has 1 fully saturated rings. The van der Waals surface area contributed by atoms with Crippen molar-refractivity contribution in [3.63, 3.8) is 0 Å². The molecule has 0 radical (unpaired) electrons. The van der Waals surface area contributed by atoms with E-state index in [0.29, 0.717) is 6.42 Å². The largest absolute Gasteiger partial charge is 0.497 e. The van der Waals surface area contributed by atoms with Crippen LogP contribution in [0.25, 0.3) is 0 Å². The normalized spacial score (nSPS) is 17.3. The predicted molar refractivity (Wildman–Crippen MR) is 91.0 cm³/mol. The van der Waals surface area contributed by atoms with Gasteiger partial charge in [-0.3, -0.25) is 4.79 Å². The summed E-state index contributed by atoms with van der Waals surface area (Å²) in [7, 11) is 1.65. The van der Waals surface area contributed by atoms with Crippen molar-refractivity contribution in [2.24, 2.45) is 0 Å². The molecule has 0 N–H and O–H groups in total. The highest BCUT2D eigenvalue weighted by molar-refractivity contribution is 5.77. The van der Waals surface area contributed by atoms with Crippen LogP contribution in [0.4, 0.5) is 0 Å². The Morgan fingerprint density at radius 3 is 2.71 bits per heavy atom. The van der Waals surface area contributed by atoms with Crippen LogP contribution >= 0.6 is 0 Å². The molecule has 1 aliphatic rings. The second-order valence-electron chi connectivity index (χ2n) is 6.33. The van der Waals surface area contributed by atoms with E-state index < -0.39 is 0 Å². The van der Waals surface area contributed by atoms with Crippen molar-refractivity contribution in [3.8, 4) is 5.75 Å². The van der Waals surface area contributed by atoms with Crippen LogP contribution in [0.15, 0.2) is 28.8 Å². The van der Waals surface area contributed by atoms with E-state index in [2.05, 4.69) is 5.16 Å². The van der Waals surface area contributed by atoms with Gasteiger partial charge in [-0.25, -0.2) is 0 Å². The fourth-order valence-electron chi connectivity index (χ4n) is 3.52. The third kappa shape index (κ3) is 3.30. The summed E-state index contributed by atoms with van der Waals surface area (Å²) in [6.45, 7) is 4.69. The van der Waals surface area contributed by atoms with Crippen LogP contribution < -0.4 is 4.74 Å². The van der Waals surface area contributed by atoms with Crippen LogP contribution in [0.3, 0.4) is 0 Å². The zero-order valence-corrected chi connectivity index (χ0v) is 14.5. The number of likely N-dealkylation sites (tertiary alicyclic amines) is 1. The SMILES string of the molecule is COc1ccc(CCC(=O)N2CCC[C@H]2c2c(C)noc2C)cc1. The van der Waals surface area contributed by atoms with Gasteiger partial charge in [0.15, 0.2) is 0 Å². The topological polar surface area (TPSA) is 55.6 Å². The Kier molecular flexibility index (Phi) is 4.88. The number of rotatable bonds is 5. The highest BCUT2D eigenvalue weighted by Crippen LogP contribution is 2.36. The van der Waals surface area contributed by atoms with Gasteiger partial charge in [-0.05, 0) is 50.8 Å². The molecule has 1 saturated heterocycles. The molecule has 0 spiro atoms. The van der Waals surface area contributed by atoms with Gasteiger partial charge in [0.25, 0.3) is 0 Å². The maximum atomic E-state index is 12.7. The highest BCUT2D eigenvalue weighted by atomic mass is 16.5. The van der Waals surface area contributed by atoms with Gasteiger partial charge in [-0.2, -0.15) is 0 Å². The van der Waals surface area contributed by atoms with E-state index in [1.54, 1.807) is 7.11 Å². The van der Waals surface area contributed by atoms with E-state index in [4.69, 9.17) is 9.26 Å². The van der Waals surface area contributed by atoms with Gasteiger partial charge in [0.2, 0.25) is 5.91 Å². The lowest BCUT2D eigenvalue weighted by atomic mass is 10.0. The van der Waals surface area contributed by atoms with Crippen LogP contribution in [0.5, 0.6) is 5.75 Å². The molecule has 5 heteroatoms. The first-order chi connectivity index (χ1) is 11.6. The Morgan fingerprint density at radius 1 is 1.33 bits per heavy atom. The summed E-state index contributed by atoms with van der Waals surface area (Å²) in [5.74, 6) is 1.86. The van der Waals surface area contributed by atoms with E-state index in [1.165, 1.54) is 0 Å². The number of methoxy groups -OCH3 is 1. The molecule has 0 saturated carbocycles. The molecule has 5 nitrogen and oxygen atoms in total. The molecule has 2 aromatic rings. The predicted octanol–water partition coefficient (Wildman–Crippen LogP) is 3.60. The number of hydrogen-bond donors (Lipinski definition) is 0. The second-order valence-corrected chi connectivity index (χ2v) is 6.33. The van der Waals surface area contributed by atoms with E-state index in [1.807, 2.05) is 43.0 Å². The number of aromatic nitrogens is 1. The van der Waals surface area contributed by atoms with Crippen molar-refractivity contribution in [2.45, 2.75) is 45.6 Å². The standard InChI is InChI=1S/C19H24N2O3/c1-13-19(14(2)24-20-13)17-5-4-12-21(17)18(22)11-8-15-6-9-16(23-3)10-7-15/h6-7,9-10,17H,4-5,8,11-12H2,1-3H3/t17-/m0/s1. The molecule has 0 bridgehead atoms. The lowest BCUT2D eigenvalue weighted by Crippen LogP contribution is -2.31. The van der Waals surface area contributed by atoms with Crippen LogP contribution in [-0.4, -0.2) is 29.6 Å². The second kappa shape index (κ2) is 7.07. The minimum Gasteiger partial charge on any atom is -0.497 e. The summed E-state index contributed by atoms with van der Waals surface area (Å²) in [6, 6.07) is 8.01. The van der Waals surface area contributed by atoms with Gasteiger partial charge >= 0.3 is 0 Å². The number of carbonyl (C=O) groups is 1. The minimum atomic E-state index is 0.111. The molecule has 1 aromatic carbocycles. The molecule has 1 aliphatic heterocycles. The van der Waals surface area contributed by atoms with E-state index in [-0.39, 0.29) is 11.9 Å². The maximum absolute atomic E-state index is 12.7. The van der Waals surface area contributed by atoms with Crippen molar-refractivity contribution in [2.75, 3.05) is 13.7 Å². The van der Waals surface area contributed by atoms with Gasteiger partial charge in [-0.1, -0.05) is 17.3 Å². The van der Waals surface area contributed by atoms with Gasteiger partial charge in [-0.15, -0.1) is 0 Å². The van der Waals surface area contributed by atoms with Gasteiger partial charge in [0, 0.05) is 18.5 Å². The molecule has 3 rings (SSSR count). The van der Waals surface area contributed by atoms with Crippen molar-refractivity contribution < 1.29 is 14.1 Å². The molecular weight excluding hydrogens is 304 g/mol. The molecule has 1 atom stereocenters. The Labute approximate surface area is 142 Å². The summed E-state index contributed by atoms with van der Waals surface area (Å²) in [5, 5.41) is 4.04. The number of aryl methyl sites for hydroxylation is 3. The van der Waals surface area contributed by atoms with E-state index >= 15 is 0 Å². The van der Waals surface area contributed by atoms with Crippen molar-refractivity contribution in [3.05, 3.63) is 46.8 Å². The zero-order valence-electron chi connectivity index (χ0n) is 14.5. The van der Waals surface area contributed by atoms with E-state index in [9.17, 15) is 4.79 Å². The van der Waals surface area contributed by atoms with Gasteiger partial charge in [0.05, 0.1) is 18.8 Å². The average molecular weight is 328 g/mol. The smallest absolute Gasteiger partial charge is 0.223 e. The first-order valence-electron chi connectivity index (χ1n) is 8.45. The summed E-state index contributed by atoms with van der Waals surface area (Å²) in [5.41, 5.74) is 3.13. The number of amides is 1. The summed E-state index contributed by atoms with van der Waals surface area (Å²) in [4.78, 5) is 14.7. The first-order valence-corrected chi connectivity index (χ1v) is 8.45. The number of benzene rings is 1. The monoisotopic (exact) mass is 328 g/mol. The average Bonchev–Trinajstić information content (AvgIpc) is 3.19. The van der Waals surface area contributed by atoms with Crippen LogP contribution in [0.2, 0.25) is 0 Å². The fraction of sp³-hybridized carbons (Fsp3) is 0.474. The van der Waals surface area contributed by atoms with Gasteiger partial charge in [0.1, 0.15) is 11.5 Å². The van der Waals surface area contributed by atoms with Crippen molar-refractivity contribution in [1.82, 2.24) is 10.1 Å². The number of ether oxygens (including phenoxy) is 1. The third-order valence-electron chi connectivity index (χ3n) is 4.78. The van der Waals surface area contributed by atoms with Crippen LogP contribution in [-0.2, 0) is 11.2 Å². The maximum Gasteiger partial charge on any atom is 0.223 e. The van der Waals surface area contributed by atoms with Crippen molar-refractivity contribution >= 4 is 5.91 Å².